The first kappa shape index (κ1) is 15.5. The Bertz CT molecular complexity index is 585. The maximum atomic E-state index is 6.01. The smallest absolute Gasteiger partial charge is 0.130 e. The summed E-state index contributed by atoms with van der Waals surface area (Å²) < 4.78 is 6.01. The molecule has 3 nitrogen and oxygen atoms in total. The summed E-state index contributed by atoms with van der Waals surface area (Å²) in [5, 5.41) is 3.35. The lowest BCUT2D eigenvalue weighted by atomic mass is 10.1. The van der Waals surface area contributed by atoms with Gasteiger partial charge in [0, 0.05) is 12.7 Å². The maximum absolute atomic E-state index is 6.01. The highest BCUT2D eigenvalue weighted by Crippen LogP contribution is 2.26. The van der Waals surface area contributed by atoms with E-state index in [-0.39, 0.29) is 0 Å². The van der Waals surface area contributed by atoms with Crippen LogP contribution in [-0.2, 0) is 13.2 Å². The van der Waals surface area contributed by atoms with E-state index in [2.05, 4.69) is 56.2 Å². The number of hydrogen-bond acceptors (Lipinski definition) is 3. The molecule has 0 saturated heterocycles. The van der Waals surface area contributed by atoms with Gasteiger partial charge in [-0.25, -0.2) is 0 Å². The molecule has 21 heavy (non-hydrogen) atoms. The summed E-state index contributed by atoms with van der Waals surface area (Å²) >= 11 is 0. The third kappa shape index (κ3) is 4.05. The van der Waals surface area contributed by atoms with E-state index in [1.54, 1.807) is 0 Å². The first-order chi connectivity index (χ1) is 10.1. The Balaban J connectivity index is 2.12. The molecule has 0 spiro atoms. The van der Waals surface area contributed by atoms with Crippen LogP contribution < -0.4 is 10.1 Å². The predicted molar refractivity (Wildman–Crippen MR) is 86.6 cm³/mol. The molecule has 2 rings (SSSR count). The normalized spacial score (nSPS) is 10.7. The molecular weight excluding hydrogens is 260 g/mol. The Labute approximate surface area is 127 Å². The Morgan fingerprint density at radius 2 is 1.81 bits per heavy atom. The molecule has 1 N–H and O–H groups in total. The van der Waals surface area contributed by atoms with Crippen LogP contribution in [-0.4, -0.2) is 11.5 Å². The number of benzene rings is 1. The monoisotopic (exact) mass is 284 g/mol. The molecule has 0 amide bonds. The van der Waals surface area contributed by atoms with Gasteiger partial charge in [-0.3, -0.25) is 4.98 Å². The Hall–Kier alpha value is -1.87. The molecule has 0 unspecified atom stereocenters. The number of pyridine rings is 1. The van der Waals surface area contributed by atoms with Gasteiger partial charge in [-0.15, -0.1) is 0 Å². The largest absolute Gasteiger partial charge is 0.487 e. The first-order valence-corrected chi connectivity index (χ1v) is 7.46. The summed E-state index contributed by atoms with van der Waals surface area (Å²) in [5.74, 6) is 0.973. The second-order valence-corrected chi connectivity index (χ2v) is 5.39. The number of hydrogen-bond donors (Lipinski definition) is 1. The Morgan fingerprint density at radius 1 is 1.10 bits per heavy atom. The van der Waals surface area contributed by atoms with Gasteiger partial charge in [0.1, 0.15) is 12.4 Å². The molecule has 0 atom stereocenters. The molecule has 0 aliphatic rings. The van der Waals surface area contributed by atoms with Crippen molar-refractivity contribution in [3.8, 4) is 5.75 Å². The minimum atomic E-state index is 0.515. The lowest BCUT2D eigenvalue weighted by molar-refractivity contribution is 0.296. The summed E-state index contributed by atoms with van der Waals surface area (Å²) in [6, 6.07) is 8.39. The van der Waals surface area contributed by atoms with Crippen molar-refractivity contribution < 1.29 is 4.74 Å². The second kappa shape index (κ2) is 7.23. The van der Waals surface area contributed by atoms with Crippen molar-refractivity contribution in [1.29, 1.82) is 0 Å². The quantitative estimate of drug-likeness (QED) is 0.878. The number of rotatable bonds is 6. The van der Waals surface area contributed by atoms with Gasteiger partial charge in [0.25, 0.3) is 0 Å². The van der Waals surface area contributed by atoms with Crippen LogP contribution in [0.4, 0.5) is 0 Å². The van der Waals surface area contributed by atoms with E-state index in [1.165, 1.54) is 16.7 Å². The van der Waals surface area contributed by atoms with Crippen LogP contribution in [0, 0.1) is 20.8 Å². The topological polar surface area (TPSA) is 34.1 Å². The van der Waals surface area contributed by atoms with Gasteiger partial charge in [-0.1, -0.05) is 25.1 Å². The van der Waals surface area contributed by atoms with Crippen LogP contribution in [0.1, 0.15) is 34.9 Å². The van der Waals surface area contributed by atoms with E-state index in [1.807, 2.05) is 12.3 Å². The van der Waals surface area contributed by atoms with E-state index < -0.39 is 0 Å². The molecule has 1 aromatic heterocycles. The number of ether oxygens (including phenoxy) is 1. The van der Waals surface area contributed by atoms with Crippen molar-refractivity contribution >= 4 is 0 Å². The van der Waals surface area contributed by atoms with Crippen molar-refractivity contribution in [2.24, 2.45) is 0 Å². The average Bonchev–Trinajstić information content (AvgIpc) is 2.46. The van der Waals surface area contributed by atoms with E-state index in [4.69, 9.17) is 4.74 Å². The minimum Gasteiger partial charge on any atom is -0.487 e. The van der Waals surface area contributed by atoms with Crippen molar-refractivity contribution in [1.82, 2.24) is 10.3 Å². The minimum absolute atomic E-state index is 0.515. The fourth-order valence-electron chi connectivity index (χ4n) is 2.45. The molecule has 2 aromatic rings. The maximum Gasteiger partial charge on any atom is 0.130 e. The average molecular weight is 284 g/mol. The van der Waals surface area contributed by atoms with Gasteiger partial charge in [-0.05, 0) is 55.6 Å². The molecule has 0 fully saturated rings. The van der Waals surface area contributed by atoms with Gasteiger partial charge in [0.2, 0.25) is 0 Å². The van der Waals surface area contributed by atoms with E-state index in [0.717, 1.165) is 30.1 Å². The van der Waals surface area contributed by atoms with Crippen molar-refractivity contribution in [3.63, 3.8) is 0 Å². The van der Waals surface area contributed by atoms with Crippen LogP contribution in [0.2, 0.25) is 0 Å². The van der Waals surface area contributed by atoms with Crippen molar-refractivity contribution in [3.05, 3.63) is 58.4 Å². The van der Waals surface area contributed by atoms with Crippen LogP contribution in [0.5, 0.6) is 5.75 Å². The summed E-state index contributed by atoms with van der Waals surface area (Å²) in [4.78, 5) is 4.38. The zero-order valence-corrected chi connectivity index (χ0v) is 13.4. The SMILES string of the molecule is CCNCc1cc(C)c(OCc2ncccc2C)c(C)c1. The van der Waals surface area contributed by atoms with Gasteiger partial charge in [0.15, 0.2) is 0 Å². The molecule has 1 heterocycles. The summed E-state index contributed by atoms with van der Waals surface area (Å²) in [6.45, 7) is 10.8. The highest BCUT2D eigenvalue weighted by molar-refractivity contribution is 5.43. The Kier molecular flexibility index (Phi) is 5.34. The van der Waals surface area contributed by atoms with Crippen LogP contribution >= 0.6 is 0 Å². The second-order valence-electron chi connectivity index (χ2n) is 5.39. The molecule has 0 aliphatic carbocycles. The molecule has 1 aromatic carbocycles. The van der Waals surface area contributed by atoms with Crippen molar-refractivity contribution in [2.45, 2.75) is 40.8 Å². The lowest BCUT2D eigenvalue weighted by Crippen LogP contribution is -2.12. The molecule has 0 radical (unpaired) electrons. The van der Waals surface area contributed by atoms with Crippen molar-refractivity contribution in [2.75, 3.05) is 6.54 Å². The highest BCUT2D eigenvalue weighted by Gasteiger charge is 2.08. The number of nitrogens with one attached hydrogen (secondary N) is 1. The van der Waals surface area contributed by atoms with Crippen LogP contribution in [0.15, 0.2) is 30.5 Å². The molecule has 112 valence electrons. The van der Waals surface area contributed by atoms with E-state index in [9.17, 15) is 0 Å². The fourth-order valence-corrected chi connectivity index (χ4v) is 2.45. The standard InChI is InChI=1S/C18H24N2O/c1-5-19-11-16-9-14(3)18(15(4)10-16)21-12-17-13(2)7-6-8-20-17/h6-10,19H,5,11-12H2,1-4H3. The van der Waals surface area contributed by atoms with Crippen LogP contribution in [0.3, 0.4) is 0 Å². The van der Waals surface area contributed by atoms with Gasteiger partial charge in [-0.2, -0.15) is 0 Å². The zero-order chi connectivity index (χ0) is 15.2. The van der Waals surface area contributed by atoms with E-state index in [0.29, 0.717) is 6.61 Å². The highest BCUT2D eigenvalue weighted by atomic mass is 16.5. The van der Waals surface area contributed by atoms with Gasteiger partial charge < -0.3 is 10.1 Å². The third-order valence-electron chi connectivity index (χ3n) is 3.57. The molecule has 0 aliphatic heterocycles. The molecule has 0 bridgehead atoms. The van der Waals surface area contributed by atoms with Crippen LogP contribution in [0.25, 0.3) is 0 Å². The van der Waals surface area contributed by atoms with Gasteiger partial charge in [0.05, 0.1) is 5.69 Å². The third-order valence-corrected chi connectivity index (χ3v) is 3.57. The summed E-state index contributed by atoms with van der Waals surface area (Å²) in [5.41, 5.74) is 5.81. The molecule has 3 heteroatoms. The number of nitrogens with zero attached hydrogens (tertiary/aromatic N) is 1. The molecular formula is C18H24N2O. The number of aryl methyl sites for hydroxylation is 3. The number of aromatic nitrogens is 1. The summed E-state index contributed by atoms with van der Waals surface area (Å²) in [7, 11) is 0. The summed E-state index contributed by atoms with van der Waals surface area (Å²) in [6.07, 6.45) is 1.81. The zero-order valence-electron chi connectivity index (χ0n) is 13.4. The fraction of sp³-hybridized carbons (Fsp3) is 0.389. The lowest BCUT2D eigenvalue weighted by Gasteiger charge is -2.15. The van der Waals surface area contributed by atoms with Gasteiger partial charge >= 0.3 is 0 Å². The first-order valence-electron chi connectivity index (χ1n) is 7.46. The molecule has 0 saturated carbocycles. The predicted octanol–water partition coefficient (Wildman–Crippen LogP) is 3.70. The Morgan fingerprint density at radius 3 is 2.43 bits per heavy atom. The van der Waals surface area contributed by atoms with E-state index >= 15 is 0 Å².